The Morgan fingerprint density at radius 1 is 0.571 bits per heavy atom. The average molecular weight is 482 g/mol. The van der Waals surface area contributed by atoms with Crippen LogP contribution in [0.4, 0.5) is 17.6 Å². The van der Waals surface area contributed by atoms with E-state index in [1.807, 2.05) is 0 Å². The zero-order chi connectivity index (χ0) is 24.9. The van der Waals surface area contributed by atoms with Gasteiger partial charge in [-0.15, -0.1) is 0 Å². The quantitative estimate of drug-likeness (QED) is 0.274. The van der Waals surface area contributed by atoms with Crippen LogP contribution in [0.3, 0.4) is 0 Å². The second kappa shape index (κ2) is 10.6. The number of hydrogen-bond donors (Lipinski definition) is 1. The molecule has 4 rings (SSSR count). The second-order valence-corrected chi connectivity index (χ2v) is 7.75. The number of ether oxygens (including phenoxy) is 2. The molecule has 180 valence electrons. The van der Waals surface area contributed by atoms with Gasteiger partial charge in [0.25, 0.3) is 0 Å². The SMILES string of the molecule is CCOc1ccc(-c2ccc(COc3ccc(-c4ccc(CO)cc4)c(F)c3F)cc2)c(F)c1F. The Kier molecular flexibility index (Phi) is 7.36. The van der Waals surface area contributed by atoms with E-state index in [4.69, 9.17) is 14.6 Å². The van der Waals surface area contributed by atoms with Crippen molar-refractivity contribution in [3.05, 3.63) is 107 Å². The monoisotopic (exact) mass is 482 g/mol. The van der Waals surface area contributed by atoms with Crippen LogP contribution < -0.4 is 9.47 Å². The zero-order valence-corrected chi connectivity index (χ0v) is 18.8. The minimum Gasteiger partial charge on any atom is -0.491 e. The molecular weight excluding hydrogens is 460 g/mol. The van der Waals surface area contributed by atoms with Crippen LogP contribution >= 0.6 is 0 Å². The maximum Gasteiger partial charge on any atom is 0.201 e. The summed E-state index contributed by atoms with van der Waals surface area (Å²) in [7, 11) is 0. The van der Waals surface area contributed by atoms with Crippen LogP contribution in [-0.4, -0.2) is 11.7 Å². The van der Waals surface area contributed by atoms with Gasteiger partial charge in [-0.2, -0.15) is 8.78 Å². The summed E-state index contributed by atoms with van der Waals surface area (Å²) < 4.78 is 68.4. The van der Waals surface area contributed by atoms with Gasteiger partial charge in [-0.25, -0.2) is 8.78 Å². The maximum atomic E-state index is 14.7. The van der Waals surface area contributed by atoms with Crippen molar-refractivity contribution in [2.45, 2.75) is 20.1 Å². The lowest BCUT2D eigenvalue weighted by Crippen LogP contribution is -2.01. The molecule has 0 aliphatic rings. The fourth-order valence-corrected chi connectivity index (χ4v) is 3.62. The molecule has 0 bridgehead atoms. The van der Waals surface area contributed by atoms with Crippen molar-refractivity contribution < 1.29 is 32.1 Å². The fraction of sp³-hybridized carbons (Fsp3) is 0.143. The molecule has 0 saturated carbocycles. The molecule has 0 amide bonds. The second-order valence-electron chi connectivity index (χ2n) is 7.75. The minimum absolute atomic E-state index is 0.0543. The van der Waals surface area contributed by atoms with Crippen LogP contribution in [0, 0.1) is 23.3 Å². The van der Waals surface area contributed by atoms with Crippen molar-refractivity contribution in [2.75, 3.05) is 6.61 Å². The smallest absolute Gasteiger partial charge is 0.201 e. The lowest BCUT2D eigenvalue weighted by Gasteiger charge is -2.12. The Labute approximate surface area is 200 Å². The highest BCUT2D eigenvalue weighted by Crippen LogP contribution is 2.32. The first-order chi connectivity index (χ1) is 16.9. The summed E-state index contributed by atoms with van der Waals surface area (Å²) in [5.41, 5.74) is 2.36. The molecule has 3 nitrogen and oxygen atoms in total. The molecule has 0 unspecified atom stereocenters. The molecule has 1 N–H and O–H groups in total. The number of aliphatic hydroxyl groups is 1. The van der Waals surface area contributed by atoms with Gasteiger partial charge in [-0.3, -0.25) is 0 Å². The van der Waals surface area contributed by atoms with Gasteiger partial charge < -0.3 is 14.6 Å². The van der Waals surface area contributed by atoms with Crippen molar-refractivity contribution in [1.82, 2.24) is 0 Å². The van der Waals surface area contributed by atoms with E-state index in [9.17, 15) is 17.6 Å². The number of benzene rings is 4. The summed E-state index contributed by atoms with van der Waals surface area (Å²) in [4.78, 5) is 0. The standard InChI is InChI=1S/C28H22F4O3/c1-2-34-23-13-11-21(25(29)27(23)31)20-9-5-18(6-10-20)16-35-24-14-12-22(26(30)28(24)32)19-7-3-17(15-33)4-8-19/h3-14,33H,2,15-16H2,1H3. The van der Waals surface area contributed by atoms with Gasteiger partial charge >= 0.3 is 0 Å². The summed E-state index contributed by atoms with van der Waals surface area (Å²) in [5.74, 6) is -4.62. The Hall–Kier alpha value is -3.84. The lowest BCUT2D eigenvalue weighted by molar-refractivity contribution is 0.282. The van der Waals surface area contributed by atoms with E-state index in [0.717, 1.165) is 0 Å². The third-order valence-electron chi connectivity index (χ3n) is 5.50. The van der Waals surface area contributed by atoms with Crippen molar-refractivity contribution in [3.63, 3.8) is 0 Å². The first-order valence-corrected chi connectivity index (χ1v) is 10.9. The number of hydrogen-bond acceptors (Lipinski definition) is 3. The van der Waals surface area contributed by atoms with Gasteiger partial charge in [-0.1, -0.05) is 48.5 Å². The molecule has 0 aliphatic carbocycles. The Balaban J connectivity index is 1.47. The largest absolute Gasteiger partial charge is 0.491 e. The summed E-state index contributed by atoms with van der Waals surface area (Å²) in [6.45, 7) is 1.70. The molecule has 4 aromatic carbocycles. The summed E-state index contributed by atoms with van der Waals surface area (Å²) in [5, 5.41) is 9.12. The van der Waals surface area contributed by atoms with Gasteiger partial charge in [-0.05, 0) is 53.4 Å². The van der Waals surface area contributed by atoms with E-state index in [1.54, 1.807) is 55.5 Å². The predicted molar refractivity (Wildman–Crippen MR) is 125 cm³/mol. The highest BCUT2D eigenvalue weighted by Gasteiger charge is 2.17. The summed E-state index contributed by atoms with van der Waals surface area (Å²) >= 11 is 0. The number of aliphatic hydroxyl groups excluding tert-OH is 1. The van der Waals surface area contributed by atoms with Crippen molar-refractivity contribution in [2.24, 2.45) is 0 Å². The normalized spacial score (nSPS) is 10.9. The Bertz CT molecular complexity index is 1320. The Morgan fingerprint density at radius 2 is 1.03 bits per heavy atom. The lowest BCUT2D eigenvalue weighted by atomic mass is 10.0. The molecule has 0 aliphatic heterocycles. The van der Waals surface area contributed by atoms with Crippen LogP contribution in [0.5, 0.6) is 11.5 Å². The molecule has 0 saturated heterocycles. The van der Waals surface area contributed by atoms with Crippen LogP contribution in [0.15, 0.2) is 72.8 Å². The fourth-order valence-electron chi connectivity index (χ4n) is 3.62. The first kappa shape index (κ1) is 24.3. The third kappa shape index (κ3) is 5.15. The van der Waals surface area contributed by atoms with E-state index in [1.165, 1.54) is 24.3 Å². The van der Waals surface area contributed by atoms with Gasteiger partial charge in [0.2, 0.25) is 11.6 Å². The average Bonchev–Trinajstić information content (AvgIpc) is 2.88. The van der Waals surface area contributed by atoms with Crippen LogP contribution in [-0.2, 0) is 13.2 Å². The topological polar surface area (TPSA) is 38.7 Å². The Morgan fingerprint density at radius 3 is 1.49 bits per heavy atom. The number of halogens is 4. The van der Waals surface area contributed by atoms with E-state index < -0.39 is 23.3 Å². The van der Waals surface area contributed by atoms with Gasteiger partial charge in [0.15, 0.2) is 23.1 Å². The molecule has 0 spiro atoms. The molecule has 7 heteroatoms. The van der Waals surface area contributed by atoms with Crippen LogP contribution in [0.25, 0.3) is 22.3 Å². The van der Waals surface area contributed by atoms with Gasteiger partial charge in [0.05, 0.1) is 13.2 Å². The molecule has 0 atom stereocenters. The van der Waals surface area contributed by atoms with Crippen molar-refractivity contribution in [1.29, 1.82) is 0 Å². The van der Waals surface area contributed by atoms with E-state index in [-0.39, 0.29) is 42.4 Å². The molecule has 0 aromatic heterocycles. The molecule has 0 heterocycles. The minimum atomic E-state index is -1.11. The van der Waals surface area contributed by atoms with E-state index >= 15 is 0 Å². The highest BCUT2D eigenvalue weighted by molar-refractivity contribution is 5.66. The maximum absolute atomic E-state index is 14.7. The van der Waals surface area contributed by atoms with Crippen LogP contribution in [0.2, 0.25) is 0 Å². The molecule has 35 heavy (non-hydrogen) atoms. The van der Waals surface area contributed by atoms with E-state index in [2.05, 4.69) is 0 Å². The molecule has 0 fully saturated rings. The summed E-state index contributed by atoms with van der Waals surface area (Å²) in [6.07, 6.45) is 0. The van der Waals surface area contributed by atoms with Gasteiger partial charge in [0.1, 0.15) is 6.61 Å². The molecule has 0 radical (unpaired) electrons. The third-order valence-corrected chi connectivity index (χ3v) is 5.50. The molecular formula is C28H22F4O3. The van der Waals surface area contributed by atoms with Crippen molar-refractivity contribution >= 4 is 0 Å². The predicted octanol–water partition coefficient (Wildman–Crippen LogP) is 7.05. The van der Waals surface area contributed by atoms with Gasteiger partial charge in [0, 0.05) is 11.1 Å². The number of rotatable bonds is 8. The van der Waals surface area contributed by atoms with E-state index in [0.29, 0.717) is 22.3 Å². The van der Waals surface area contributed by atoms with Crippen LogP contribution in [0.1, 0.15) is 18.1 Å². The highest BCUT2D eigenvalue weighted by atomic mass is 19.2. The molecule has 4 aromatic rings. The summed E-state index contributed by atoms with van der Waals surface area (Å²) in [6, 6.07) is 18.5. The zero-order valence-electron chi connectivity index (χ0n) is 18.8. The first-order valence-electron chi connectivity index (χ1n) is 10.9. The van der Waals surface area contributed by atoms with Crippen molar-refractivity contribution in [3.8, 4) is 33.8 Å².